The molecule has 172 valence electrons. The average Bonchev–Trinajstić information content (AvgIpc) is 3.12. The van der Waals surface area contributed by atoms with Crippen molar-refractivity contribution in [3.05, 3.63) is 35.4 Å². The van der Waals surface area contributed by atoms with Crippen LogP contribution >= 0.6 is 0 Å². The minimum absolute atomic E-state index is 0.00923. The third-order valence-corrected chi connectivity index (χ3v) is 5.01. The summed E-state index contributed by atoms with van der Waals surface area (Å²) < 4.78 is 11.2. The molecule has 7 nitrogen and oxygen atoms in total. The van der Waals surface area contributed by atoms with Gasteiger partial charge in [-0.05, 0) is 71.4 Å². The highest BCUT2D eigenvalue weighted by atomic mass is 16.6. The Kier molecular flexibility index (Phi) is 8.09. The number of carbonyl (C=O) groups excluding carboxylic acids is 2. The fourth-order valence-corrected chi connectivity index (χ4v) is 3.71. The molecule has 0 spiro atoms. The summed E-state index contributed by atoms with van der Waals surface area (Å²) in [5, 5.41) is 11.7. The smallest absolute Gasteiger partial charge is 0.410 e. The van der Waals surface area contributed by atoms with Crippen molar-refractivity contribution < 1.29 is 24.3 Å². The summed E-state index contributed by atoms with van der Waals surface area (Å²) in [5.74, 6) is -0.621. The predicted molar refractivity (Wildman–Crippen MR) is 119 cm³/mol. The van der Waals surface area contributed by atoms with Gasteiger partial charge in [0.15, 0.2) is 0 Å². The molecule has 1 N–H and O–H groups in total. The molecule has 1 heterocycles. The van der Waals surface area contributed by atoms with Crippen molar-refractivity contribution in [2.24, 2.45) is 17.0 Å². The van der Waals surface area contributed by atoms with Gasteiger partial charge >= 0.3 is 12.1 Å². The van der Waals surface area contributed by atoms with E-state index >= 15 is 0 Å². The summed E-state index contributed by atoms with van der Waals surface area (Å²) in [4.78, 5) is 27.3. The molecule has 1 aromatic rings. The van der Waals surface area contributed by atoms with E-state index in [1.54, 1.807) is 4.90 Å². The lowest BCUT2D eigenvalue weighted by Crippen LogP contribution is -2.38. The van der Waals surface area contributed by atoms with E-state index in [1.807, 2.05) is 65.8 Å². The van der Waals surface area contributed by atoms with E-state index in [0.717, 1.165) is 17.5 Å². The number of oxime groups is 1. The third-order valence-electron chi connectivity index (χ3n) is 5.01. The predicted octanol–water partition coefficient (Wildman–Crippen LogP) is 4.45. The van der Waals surface area contributed by atoms with E-state index in [1.165, 1.54) is 6.21 Å². The van der Waals surface area contributed by atoms with Gasteiger partial charge in [0.05, 0.1) is 5.92 Å². The fourth-order valence-electron chi connectivity index (χ4n) is 3.71. The molecule has 31 heavy (non-hydrogen) atoms. The van der Waals surface area contributed by atoms with Crippen molar-refractivity contribution in [3.63, 3.8) is 0 Å². The van der Waals surface area contributed by atoms with Crippen LogP contribution in [0, 0.1) is 11.8 Å². The maximum absolute atomic E-state index is 13.1. The first kappa shape index (κ1) is 24.7. The van der Waals surface area contributed by atoms with Crippen molar-refractivity contribution in [2.75, 3.05) is 13.1 Å². The molecule has 2 rings (SSSR count). The monoisotopic (exact) mass is 432 g/mol. The molecule has 0 radical (unpaired) electrons. The molecular formula is C24H36N2O5. The van der Waals surface area contributed by atoms with Gasteiger partial charge in [0.1, 0.15) is 11.2 Å². The molecule has 0 aromatic heterocycles. The number of amides is 1. The van der Waals surface area contributed by atoms with E-state index in [4.69, 9.17) is 14.7 Å². The lowest BCUT2D eigenvalue weighted by Gasteiger charge is -2.28. The standard InChI is InChI=1S/C24H36N2O5/c1-23(2,3)30-21(27)20(15-18-9-7-8-17(14-18)10-12-25-29)19-11-13-26(16-19)22(28)31-24(4,5)6/h7-9,12,14,19-20,29H,10-11,13,15-16H2,1-6H3/t19-,20-/m0/s1. The Labute approximate surface area is 185 Å². The zero-order chi connectivity index (χ0) is 23.2. The van der Waals surface area contributed by atoms with Crippen LogP contribution in [0.3, 0.4) is 0 Å². The zero-order valence-corrected chi connectivity index (χ0v) is 19.6. The fraction of sp³-hybridized carbons (Fsp3) is 0.625. The number of nitrogens with zero attached hydrogens (tertiary/aromatic N) is 2. The number of carbonyl (C=O) groups is 2. The van der Waals surface area contributed by atoms with Crippen molar-refractivity contribution >= 4 is 18.3 Å². The van der Waals surface area contributed by atoms with Crippen LogP contribution in [0.1, 0.15) is 59.1 Å². The molecule has 7 heteroatoms. The summed E-state index contributed by atoms with van der Waals surface area (Å²) in [7, 11) is 0. The number of esters is 1. The van der Waals surface area contributed by atoms with E-state index in [2.05, 4.69) is 5.16 Å². The topological polar surface area (TPSA) is 88.4 Å². The van der Waals surface area contributed by atoms with Crippen LogP contribution in [0.2, 0.25) is 0 Å². The van der Waals surface area contributed by atoms with Crippen LogP contribution in [0.25, 0.3) is 0 Å². The SMILES string of the molecule is CC(C)(C)OC(=O)[C@@H](Cc1cccc(CC=NO)c1)[C@H]1CCN(C(=O)OC(C)(C)C)C1. The number of hydrogen-bond donors (Lipinski definition) is 1. The Bertz CT molecular complexity index is 792. The van der Waals surface area contributed by atoms with E-state index in [-0.39, 0.29) is 23.9 Å². The Morgan fingerprint density at radius 2 is 1.81 bits per heavy atom. The normalized spacial score (nSPS) is 18.3. The number of likely N-dealkylation sites (tertiary alicyclic amines) is 1. The molecule has 1 aliphatic heterocycles. The molecule has 0 aliphatic carbocycles. The van der Waals surface area contributed by atoms with Crippen LogP contribution in [0.4, 0.5) is 4.79 Å². The summed E-state index contributed by atoms with van der Waals surface area (Å²) in [6, 6.07) is 7.88. The molecule has 0 unspecified atom stereocenters. The highest BCUT2D eigenvalue weighted by molar-refractivity contribution is 5.74. The van der Waals surface area contributed by atoms with Crippen molar-refractivity contribution in [2.45, 2.75) is 72.0 Å². The van der Waals surface area contributed by atoms with Gasteiger partial charge < -0.3 is 19.6 Å². The largest absolute Gasteiger partial charge is 0.460 e. The Balaban J connectivity index is 2.18. The lowest BCUT2D eigenvalue weighted by atomic mass is 9.85. The van der Waals surface area contributed by atoms with Gasteiger partial charge in [0, 0.05) is 25.7 Å². The van der Waals surface area contributed by atoms with Crippen LogP contribution in [-0.2, 0) is 27.1 Å². The van der Waals surface area contributed by atoms with Gasteiger partial charge in [-0.2, -0.15) is 0 Å². The Morgan fingerprint density at radius 1 is 1.16 bits per heavy atom. The number of hydrogen-bond acceptors (Lipinski definition) is 6. The molecule has 0 saturated carbocycles. The van der Waals surface area contributed by atoms with Crippen molar-refractivity contribution in [3.8, 4) is 0 Å². The van der Waals surface area contributed by atoms with Gasteiger partial charge in [-0.1, -0.05) is 24.3 Å². The third kappa shape index (κ3) is 8.23. The minimum Gasteiger partial charge on any atom is -0.460 e. The Hall–Kier alpha value is -2.57. The summed E-state index contributed by atoms with van der Waals surface area (Å²) in [6.45, 7) is 12.1. The summed E-state index contributed by atoms with van der Waals surface area (Å²) in [6.07, 6.45) is 2.84. The maximum Gasteiger partial charge on any atom is 0.410 e. The van der Waals surface area contributed by atoms with Crippen LogP contribution < -0.4 is 0 Å². The maximum atomic E-state index is 13.1. The second-order valence-electron chi connectivity index (χ2n) is 10.1. The highest BCUT2D eigenvalue weighted by Crippen LogP contribution is 2.30. The van der Waals surface area contributed by atoms with E-state index < -0.39 is 11.2 Å². The number of rotatable bonds is 6. The molecule has 0 bridgehead atoms. The van der Waals surface area contributed by atoms with E-state index in [9.17, 15) is 9.59 Å². The summed E-state index contributed by atoms with van der Waals surface area (Å²) in [5.41, 5.74) is 0.867. The molecule has 1 fully saturated rings. The second-order valence-corrected chi connectivity index (χ2v) is 10.1. The summed E-state index contributed by atoms with van der Waals surface area (Å²) >= 11 is 0. The van der Waals surface area contributed by atoms with Crippen molar-refractivity contribution in [1.82, 2.24) is 4.90 Å². The second kappa shape index (κ2) is 10.2. The zero-order valence-electron chi connectivity index (χ0n) is 19.6. The van der Waals surface area contributed by atoms with Gasteiger partial charge in [-0.3, -0.25) is 4.79 Å². The van der Waals surface area contributed by atoms with Gasteiger partial charge in [-0.25, -0.2) is 4.79 Å². The first-order valence-electron chi connectivity index (χ1n) is 10.8. The minimum atomic E-state index is -0.585. The number of ether oxygens (including phenoxy) is 2. The van der Waals surface area contributed by atoms with Gasteiger partial charge in [-0.15, -0.1) is 5.16 Å². The van der Waals surface area contributed by atoms with Gasteiger partial charge in [0.2, 0.25) is 0 Å². The van der Waals surface area contributed by atoms with Crippen LogP contribution in [0.5, 0.6) is 0 Å². The van der Waals surface area contributed by atoms with E-state index in [0.29, 0.717) is 25.9 Å². The van der Waals surface area contributed by atoms with Crippen molar-refractivity contribution in [1.29, 1.82) is 0 Å². The van der Waals surface area contributed by atoms with Crippen LogP contribution in [-0.4, -0.2) is 52.7 Å². The molecule has 1 aromatic carbocycles. The number of benzene rings is 1. The quantitative estimate of drug-likeness (QED) is 0.311. The first-order valence-corrected chi connectivity index (χ1v) is 10.8. The molecule has 1 amide bonds. The highest BCUT2D eigenvalue weighted by Gasteiger charge is 2.39. The van der Waals surface area contributed by atoms with Gasteiger partial charge in [0.25, 0.3) is 0 Å². The Morgan fingerprint density at radius 3 is 2.42 bits per heavy atom. The molecule has 1 saturated heterocycles. The molecular weight excluding hydrogens is 396 g/mol. The van der Waals surface area contributed by atoms with Crippen LogP contribution in [0.15, 0.2) is 29.4 Å². The average molecular weight is 433 g/mol. The molecule has 1 aliphatic rings. The first-order chi connectivity index (χ1) is 14.4. The lowest BCUT2D eigenvalue weighted by molar-refractivity contribution is -0.161. The molecule has 2 atom stereocenters.